The van der Waals surface area contributed by atoms with Crippen LogP contribution in [0.5, 0.6) is 0 Å². The van der Waals surface area contributed by atoms with Crippen LogP contribution in [-0.2, 0) is 9.47 Å². The van der Waals surface area contributed by atoms with E-state index in [1.165, 1.54) is 19.4 Å². The molecule has 0 aliphatic carbocycles. The molecule has 2 aliphatic heterocycles. The normalized spacial score (nSPS) is 30.6. The predicted molar refractivity (Wildman–Crippen MR) is 62.2 cm³/mol. The Bertz CT molecular complexity index is 175. The van der Waals surface area contributed by atoms with Crippen molar-refractivity contribution in [3.05, 3.63) is 0 Å². The molecule has 0 bridgehead atoms. The first-order valence-electron chi connectivity index (χ1n) is 6.28. The van der Waals surface area contributed by atoms with Crippen molar-refractivity contribution in [1.82, 2.24) is 4.90 Å². The summed E-state index contributed by atoms with van der Waals surface area (Å²) in [6.45, 7) is 11.8. The van der Waals surface area contributed by atoms with E-state index in [-0.39, 0.29) is 5.54 Å². The maximum Gasteiger partial charge on any atom is 0.0679 e. The van der Waals surface area contributed by atoms with Crippen LogP contribution in [-0.4, -0.2) is 50.0 Å². The van der Waals surface area contributed by atoms with E-state index >= 15 is 0 Å². The zero-order valence-electron chi connectivity index (χ0n) is 10.4. The fourth-order valence-electron chi connectivity index (χ4n) is 2.44. The number of nitrogens with zero attached hydrogens (tertiary/aromatic N) is 1. The van der Waals surface area contributed by atoms with E-state index in [0.29, 0.717) is 0 Å². The smallest absolute Gasteiger partial charge is 0.0679 e. The van der Waals surface area contributed by atoms with E-state index in [4.69, 9.17) is 9.47 Å². The fraction of sp³-hybridized carbons (Fsp3) is 1.00. The molecule has 3 nitrogen and oxygen atoms in total. The Balaban J connectivity index is 0.000000531. The van der Waals surface area contributed by atoms with Gasteiger partial charge in [0.1, 0.15) is 0 Å². The Hall–Kier alpha value is -0.120. The summed E-state index contributed by atoms with van der Waals surface area (Å²) in [5.74, 6) is 0. The molecule has 0 aromatic heterocycles. The molecule has 2 rings (SSSR count). The van der Waals surface area contributed by atoms with Crippen molar-refractivity contribution in [2.75, 3.05) is 39.5 Å². The lowest BCUT2D eigenvalue weighted by Gasteiger charge is -2.41. The Kier molecular flexibility index (Phi) is 5.58. The molecule has 2 aliphatic rings. The highest BCUT2D eigenvalue weighted by Crippen LogP contribution is 2.32. The second kappa shape index (κ2) is 6.46. The van der Waals surface area contributed by atoms with Crippen LogP contribution in [0.1, 0.15) is 33.6 Å². The molecule has 0 N–H and O–H groups in total. The molecule has 0 radical (unpaired) electrons. The van der Waals surface area contributed by atoms with Crippen molar-refractivity contribution in [3.63, 3.8) is 0 Å². The van der Waals surface area contributed by atoms with E-state index in [1.807, 2.05) is 13.8 Å². The molecule has 3 heteroatoms. The molecule has 0 amide bonds. The lowest BCUT2D eigenvalue weighted by Crippen LogP contribution is -2.55. The van der Waals surface area contributed by atoms with Gasteiger partial charge in [-0.2, -0.15) is 0 Å². The first-order chi connectivity index (χ1) is 7.37. The summed E-state index contributed by atoms with van der Waals surface area (Å²) in [4.78, 5) is 2.55. The zero-order valence-corrected chi connectivity index (χ0v) is 10.4. The molecule has 1 unspecified atom stereocenters. The molecule has 0 aromatic rings. The largest absolute Gasteiger partial charge is 0.380 e. The summed E-state index contributed by atoms with van der Waals surface area (Å²) in [6.07, 6.45) is 2.55. The van der Waals surface area contributed by atoms with Crippen molar-refractivity contribution in [2.45, 2.75) is 39.2 Å². The van der Waals surface area contributed by atoms with Crippen molar-refractivity contribution in [3.8, 4) is 0 Å². The number of ether oxygens (including phenoxy) is 2. The lowest BCUT2D eigenvalue weighted by molar-refractivity contribution is -0.0834. The van der Waals surface area contributed by atoms with E-state index < -0.39 is 0 Å². The van der Waals surface area contributed by atoms with Crippen LogP contribution >= 0.6 is 0 Å². The van der Waals surface area contributed by atoms with Gasteiger partial charge >= 0.3 is 0 Å². The minimum absolute atomic E-state index is 0.230. The quantitative estimate of drug-likeness (QED) is 0.718. The van der Waals surface area contributed by atoms with Crippen molar-refractivity contribution in [1.29, 1.82) is 0 Å². The molecule has 2 heterocycles. The highest BCUT2D eigenvalue weighted by atomic mass is 16.5. The van der Waals surface area contributed by atoms with Crippen LogP contribution in [0, 0.1) is 0 Å². The SMILES string of the molecule is CC.CCOCC12CCCN1CCOC2. The maximum absolute atomic E-state index is 5.56. The molecular weight excluding hydrogens is 190 g/mol. The summed E-state index contributed by atoms with van der Waals surface area (Å²) < 4.78 is 11.1. The Morgan fingerprint density at radius 2 is 2.13 bits per heavy atom. The minimum Gasteiger partial charge on any atom is -0.380 e. The summed E-state index contributed by atoms with van der Waals surface area (Å²) in [6, 6.07) is 0. The summed E-state index contributed by atoms with van der Waals surface area (Å²) in [7, 11) is 0. The monoisotopic (exact) mass is 215 g/mol. The van der Waals surface area contributed by atoms with Gasteiger partial charge in [0.05, 0.1) is 25.4 Å². The van der Waals surface area contributed by atoms with E-state index in [0.717, 1.165) is 33.0 Å². The topological polar surface area (TPSA) is 21.7 Å². The molecule has 0 saturated carbocycles. The third-order valence-corrected chi connectivity index (χ3v) is 3.19. The molecule has 2 fully saturated rings. The molecular formula is C12H25NO2. The molecule has 1 atom stereocenters. The van der Waals surface area contributed by atoms with Crippen LogP contribution in [0.2, 0.25) is 0 Å². The molecule has 0 aromatic carbocycles. The van der Waals surface area contributed by atoms with Gasteiger partial charge in [0.15, 0.2) is 0 Å². The average molecular weight is 215 g/mol. The van der Waals surface area contributed by atoms with E-state index in [1.54, 1.807) is 0 Å². The third-order valence-electron chi connectivity index (χ3n) is 3.19. The number of fused-ring (bicyclic) bond motifs is 1. The highest BCUT2D eigenvalue weighted by molar-refractivity contribution is 4.97. The number of morpholine rings is 1. The minimum atomic E-state index is 0.230. The Labute approximate surface area is 93.7 Å². The van der Waals surface area contributed by atoms with Crippen LogP contribution in [0.4, 0.5) is 0 Å². The van der Waals surface area contributed by atoms with E-state index in [9.17, 15) is 0 Å². The van der Waals surface area contributed by atoms with Crippen LogP contribution < -0.4 is 0 Å². The van der Waals surface area contributed by atoms with Crippen molar-refractivity contribution >= 4 is 0 Å². The Morgan fingerprint density at radius 3 is 2.87 bits per heavy atom. The van der Waals surface area contributed by atoms with Crippen LogP contribution in [0.25, 0.3) is 0 Å². The second-order valence-corrected chi connectivity index (χ2v) is 4.00. The fourth-order valence-corrected chi connectivity index (χ4v) is 2.44. The van der Waals surface area contributed by atoms with Gasteiger partial charge in [-0.3, -0.25) is 4.90 Å². The van der Waals surface area contributed by atoms with E-state index in [2.05, 4.69) is 11.8 Å². The predicted octanol–water partition coefficient (Wildman–Crippen LogP) is 1.91. The van der Waals surface area contributed by atoms with Gasteiger partial charge in [-0.05, 0) is 26.3 Å². The van der Waals surface area contributed by atoms with Crippen LogP contribution in [0.15, 0.2) is 0 Å². The second-order valence-electron chi connectivity index (χ2n) is 4.00. The summed E-state index contributed by atoms with van der Waals surface area (Å²) in [5, 5.41) is 0. The summed E-state index contributed by atoms with van der Waals surface area (Å²) >= 11 is 0. The standard InChI is InChI=1S/C10H19NO2.C2H6/c1-2-12-8-10-4-3-5-11(10)6-7-13-9-10;1-2/h2-9H2,1H3;1-2H3. The lowest BCUT2D eigenvalue weighted by atomic mass is 9.97. The Morgan fingerprint density at radius 1 is 1.33 bits per heavy atom. The van der Waals surface area contributed by atoms with Gasteiger partial charge in [0.25, 0.3) is 0 Å². The summed E-state index contributed by atoms with van der Waals surface area (Å²) in [5.41, 5.74) is 0.230. The number of rotatable bonds is 3. The zero-order chi connectivity index (χ0) is 11.1. The number of hydrogen-bond acceptors (Lipinski definition) is 3. The van der Waals surface area contributed by atoms with Gasteiger partial charge in [0, 0.05) is 13.2 Å². The highest BCUT2D eigenvalue weighted by Gasteiger charge is 2.43. The van der Waals surface area contributed by atoms with Crippen molar-refractivity contribution in [2.24, 2.45) is 0 Å². The first kappa shape index (κ1) is 12.9. The number of hydrogen-bond donors (Lipinski definition) is 0. The van der Waals surface area contributed by atoms with Crippen LogP contribution in [0.3, 0.4) is 0 Å². The average Bonchev–Trinajstić information content (AvgIpc) is 2.73. The molecule has 0 spiro atoms. The molecule has 15 heavy (non-hydrogen) atoms. The van der Waals surface area contributed by atoms with Gasteiger partial charge in [-0.1, -0.05) is 13.8 Å². The molecule has 90 valence electrons. The van der Waals surface area contributed by atoms with Gasteiger partial charge in [-0.15, -0.1) is 0 Å². The van der Waals surface area contributed by atoms with Crippen molar-refractivity contribution < 1.29 is 9.47 Å². The maximum atomic E-state index is 5.56. The van der Waals surface area contributed by atoms with Gasteiger partial charge in [-0.25, -0.2) is 0 Å². The third kappa shape index (κ3) is 2.92. The first-order valence-corrected chi connectivity index (χ1v) is 6.28. The molecule has 2 saturated heterocycles. The van der Waals surface area contributed by atoms with Gasteiger partial charge < -0.3 is 9.47 Å². The van der Waals surface area contributed by atoms with Gasteiger partial charge in [0.2, 0.25) is 0 Å².